The van der Waals surface area contributed by atoms with Gasteiger partial charge in [-0.05, 0) is 24.1 Å². The van der Waals surface area contributed by atoms with Gasteiger partial charge in [-0.3, -0.25) is 4.79 Å². The Hall–Kier alpha value is -2.29. The minimum Gasteiger partial charge on any atom is -0.489 e. The van der Waals surface area contributed by atoms with Crippen molar-refractivity contribution in [1.29, 1.82) is 0 Å². The number of carbonyl (C=O) groups is 1. The number of amides is 1. The first-order chi connectivity index (χ1) is 10.6. The van der Waals surface area contributed by atoms with Crippen LogP contribution in [0.25, 0.3) is 0 Å². The molecule has 0 fully saturated rings. The summed E-state index contributed by atoms with van der Waals surface area (Å²) < 4.78 is 5.77. The van der Waals surface area contributed by atoms with Crippen molar-refractivity contribution in [1.82, 2.24) is 4.90 Å². The van der Waals surface area contributed by atoms with Crippen LogP contribution in [-0.2, 0) is 6.61 Å². The Kier molecular flexibility index (Phi) is 5.59. The summed E-state index contributed by atoms with van der Waals surface area (Å²) in [7, 11) is 1.84. The van der Waals surface area contributed by atoms with Crippen LogP contribution in [0.15, 0.2) is 54.6 Å². The Morgan fingerprint density at radius 1 is 1.05 bits per heavy atom. The molecule has 1 amide bonds. The second kappa shape index (κ2) is 7.64. The third-order valence-electron chi connectivity index (χ3n) is 3.37. The lowest BCUT2D eigenvalue weighted by Gasteiger charge is -2.21. The smallest absolute Gasteiger partial charge is 0.254 e. The maximum Gasteiger partial charge on any atom is 0.254 e. The van der Waals surface area contributed by atoms with E-state index >= 15 is 0 Å². The van der Waals surface area contributed by atoms with Gasteiger partial charge < -0.3 is 9.64 Å². The molecule has 0 aliphatic carbocycles. The van der Waals surface area contributed by atoms with Crippen LogP contribution in [0.5, 0.6) is 5.75 Å². The number of carbonyl (C=O) groups excluding carboxylic acids is 1. The summed E-state index contributed by atoms with van der Waals surface area (Å²) in [6, 6.07) is 17.3. The van der Waals surface area contributed by atoms with Gasteiger partial charge in [0.05, 0.1) is 0 Å². The first-order valence-electron chi connectivity index (χ1n) is 7.59. The van der Waals surface area contributed by atoms with E-state index in [2.05, 4.69) is 13.8 Å². The standard InChI is InChI=1S/C19H23NO2/c1-15(2)13-20(3)19(21)18-12-8-7-9-16(18)14-22-17-10-5-4-6-11-17/h4-12,15H,13-14H2,1-3H3. The lowest BCUT2D eigenvalue weighted by Crippen LogP contribution is -2.31. The molecule has 2 rings (SSSR count). The Labute approximate surface area is 132 Å². The second-order valence-electron chi connectivity index (χ2n) is 5.84. The molecule has 0 bridgehead atoms. The summed E-state index contributed by atoms with van der Waals surface area (Å²) in [5, 5.41) is 0. The van der Waals surface area contributed by atoms with Crippen molar-refractivity contribution in [2.24, 2.45) is 5.92 Å². The van der Waals surface area contributed by atoms with Gasteiger partial charge in [0.25, 0.3) is 5.91 Å². The van der Waals surface area contributed by atoms with E-state index in [0.29, 0.717) is 18.1 Å². The van der Waals surface area contributed by atoms with Crippen LogP contribution in [0.3, 0.4) is 0 Å². The molecule has 3 heteroatoms. The van der Waals surface area contributed by atoms with Crippen LogP contribution < -0.4 is 4.74 Å². The summed E-state index contributed by atoms with van der Waals surface area (Å²) in [6.07, 6.45) is 0. The van der Waals surface area contributed by atoms with Gasteiger partial charge in [0.15, 0.2) is 0 Å². The highest BCUT2D eigenvalue weighted by Gasteiger charge is 2.16. The number of para-hydroxylation sites is 1. The molecule has 0 saturated carbocycles. The van der Waals surface area contributed by atoms with Crippen molar-refractivity contribution >= 4 is 5.91 Å². The van der Waals surface area contributed by atoms with Gasteiger partial charge in [-0.15, -0.1) is 0 Å². The second-order valence-corrected chi connectivity index (χ2v) is 5.84. The maximum absolute atomic E-state index is 12.6. The third kappa shape index (κ3) is 4.35. The molecule has 2 aromatic rings. The Morgan fingerprint density at radius 2 is 1.68 bits per heavy atom. The number of hydrogen-bond acceptors (Lipinski definition) is 2. The lowest BCUT2D eigenvalue weighted by molar-refractivity contribution is 0.0776. The van der Waals surface area contributed by atoms with E-state index in [-0.39, 0.29) is 5.91 Å². The molecule has 0 radical (unpaired) electrons. The summed E-state index contributed by atoms with van der Waals surface area (Å²) in [4.78, 5) is 14.4. The molecule has 116 valence electrons. The van der Waals surface area contributed by atoms with Gasteiger partial charge in [-0.1, -0.05) is 50.2 Å². The zero-order valence-corrected chi connectivity index (χ0v) is 13.5. The maximum atomic E-state index is 12.6. The van der Waals surface area contributed by atoms with E-state index in [4.69, 9.17) is 4.74 Å². The zero-order chi connectivity index (χ0) is 15.9. The summed E-state index contributed by atoms with van der Waals surface area (Å²) >= 11 is 0. The minimum absolute atomic E-state index is 0.0426. The SMILES string of the molecule is CC(C)CN(C)C(=O)c1ccccc1COc1ccccc1. The molecule has 0 aliphatic rings. The fourth-order valence-electron chi connectivity index (χ4n) is 2.37. The molecule has 0 atom stereocenters. The molecule has 0 unspecified atom stereocenters. The fourth-order valence-corrected chi connectivity index (χ4v) is 2.37. The van der Waals surface area contributed by atoms with Crippen LogP contribution in [0, 0.1) is 5.92 Å². The van der Waals surface area contributed by atoms with Gasteiger partial charge in [-0.25, -0.2) is 0 Å². The number of nitrogens with zero attached hydrogens (tertiary/aromatic N) is 1. The number of hydrogen-bond donors (Lipinski definition) is 0. The molecule has 0 spiro atoms. The molecular formula is C19H23NO2. The van der Waals surface area contributed by atoms with Crippen molar-refractivity contribution in [3.63, 3.8) is 0 Å². The summed E-state index contributed by atoms with van der Waals surface area (Å²) in [5.74, 6) is 1.29. The molecule has 22 heavy (non-hydrogen) atoms. The number of benzene rings is 2. The monoisotopic (exact) mass is 297 g/mol. The number of rotatable bonds is 6. The van der Waals surface area contributed by atoms with Gasteiger partial charge in [0, 0.05) is 24.7 Å². The van der Waals surface area contributed by atoms with E-state index in [1.165, 1.54) is 0 Å². The molecule has 0 N–H and O–H groups in total. The Morgan fingerprint density at radius 3 is 2.36 bits per heavy atom. The first kappa shape index (κ1) is 16.1. The van der Waals surface area contributed by atoms with Crippen LogP contribution in [0.2, 0.25) is 0 Å². The Bertz CT molecular complexity index is 608. The van der Waals surface area contributed by atoms with Crippen molar-refractivity contribution < 1.29 is 9.53 Å². The molecule has 2 aromatic carbocycles. The molecule has 0 aliphatic heterocycles. The van der Waals surface area contributed by atoms with Crippen molar-refractivity contribution in [3.05, 3.63) is 65.7 Å². The third-order valence-corrected chi connectivity index (χ3v) is 3.37. The van der Waals surface area contributed by atoms with E-state index in [9.17, 15) is 4.79 Å². The zero-order valence-electron chi connectivity index (χ0n) is 13.5. The van der Waals surface area contributed by atoms with Gasteiger partial charge in [0.1, 0.15) is 12.4 Å². The van der Waals surface area contributed by atoms with E-state index < -0.39 is 0 Å². The fraction of sp³-hybridized carbons (Fsp3) is 0.316. The van der Waals surface area contributed by atoms with Crippen molar-refractivity contribution in [2.45, 2.75) is 20.5 Å². The van der Waals surface area contributed by atoms with E-state index in [0.717, 1.165) is 17.9 Å². The Balaban J connectivity index is 2.11. The minimum atomic E-state index is 0.0426. The topological polar surface area (TPSA) is 29.5 Å². The van der Waals surface area contributed by atoms with Crippen molar-refractivity contribution in [2.75, 3.05) is 13.6 Å². The predicted octanol–water partition coefficient (Wildman–Crippen LogP) is 3.99. The normalized spacial score (nSPS) is 10.5. The highest BCUT2D eigenvalue weighted by Crippen LogP contribution is 2.16. The molecule has 3 nitrogen and oxygen atoms in total. The van der Waals surface area contributed by atoms with Crippen LogP contribution >= 0.6 is 0 Å². The van der Waals surface area contributed by atoms with E-state index in [1.807, 2.05) is 61.6 Å². The largest absolute Gasteiger partial charge is 0.489 e. The lowest BCUT2D eigenvalue weighted by atomic mass is 10.1. The van der Waals surface area contributed by atoms with E-state index in [1.54, 1.807) is 4.90 Å². The summed E-state index contributed by atoms with van der Waals surface area (Å²) in [6.45, 7) is 5.34. The summed E-state index contributed by atoms with van der Waals surface area (Å²) in [5.41, 5.74) is 1.62. The molecule has 0 saturated heterocycles. The van der Waals surface area contributed by atoms with Crippen LogP contribution in [0.4, 0.5) is 0 Å². The van der Waals surface area contributed by atoms with Crippen molar-refractivity contribution in [3.8, 4) is 5.75 Å². The molecular weight excluding hydrogens is 274 g/mol. The molecule has 0 aromatic heterocycles. The van der Waals surface area contributed by atoms with Gasteiger partial charge in [-0.2, -0.15) is 0 Å². The highest BCUT2D eigenvalue weighted by atomic mass is 16.5. The highest BCUT2D eigenvalue weighted by molar-refractivity contribution is 5.95. The molecule has 0 heterocycles. The van der Waals surface area contributed by atoms with Gasteiger partial charge >= 0.3 is 0 Å². The van der Waals surface area contributed by atoms with Crippen LogP contribution in [0.1, 0.15) is 29.8 Å². The van der Waals surface area contributed by atoms with Crippen LogP contribution in [-0.4, -0.2) is 24.4 Å². The first-order valence-corrected chi connectivity index (χ1v) is 7.59. The number of ether oxygens (including phenoxy) is 1. The van der Waals surface area contributed by atoms with Gasteiger partial charge in [0.2, 0.25) is 0 Å². The average molecular weight is 297 g/mol. The predicted molar refractivity (Wildman–Crippen MR) is 89.0 cm³/mol. The average Bonchev–Trinajstić information content (AvgIpc) is 2.53. The quantitative estimate of drug-likeness (QED) is 0.806.